The number of rotatable bonds is 5. The molecule has 0 aliphatic carbocycles. The molecule has 0 atom stereocenters. The molecule has 0 bridgehead atoms. The molecule has 6 heteroatoms. The Hall–Kier alpha value is -3.02. The summed E-state index contributed by atoms with van der Waals surface area (Å²) < 4.78 is 11.1. The summed E-state index contributed by atoms with van der Waals surface area (Å²) in [5, 5.41) is 2.70. The second-order valence-electron chi connectivity index (χ2n) is 5.36. The van der Waals surface area contributed by atoms with Gasteiger partial charge in [-0.05, 0) is 24.3 Å². The van der Waals surface area contributed by atoms with Crippen LogP contribution in [0.25, 0.3) is 0 Å². The van der Waals surface area contributed by atoms with Gasteiger partial charge in [0.05, 0.1) is 12.2 Å². The van der Waals surface area contributed by atoms with Gasteiger partial charge in [-0.25, -0.2) is 0 Å². The number of fused-ring (bicyclic) bond motifs is 1. The van der Waals surface area contributed by atoms with E-state index in [9.17, 15) is 9.59 Å². The monoisotopic (exact) mass is 326 g/mol. The molecule has 1 aliphatic heterocycles. The Morgan fingerprint density at radius 3 is 2.79 bits per heavy atom. The van der Waals surface area contributed by atoms with Crippen LogP contribution in [0.2, 0.25) is 0 Å². The molecule has 1 aliphatic rings. The van der Waals surface area contributed by atoms with E-state index >= 15 is 0 Å². The van der Waals surface area contributed by atoms with Crippen molar-refractivity contribution in [1.82, 2.24) is 0 Å². The van der Waals surface area contributed by atoms with E-state index in [4.69, 9.17) is 9.47 Å². The zero-order valence-corrected chi connectivity index (χ0v) is 13.3. The molecule has 0 unspecified atom stereocenters. The number of ether oxygens (including phenoxy) is 2. The van der Waals surface area contributed by atoms with Crippen LogP contribution < -0.4 is 19.7 Å². The molecular weight excluding hydrogens is 308 g/mol. The Labute approximate surface area is 140 Å². The van der Waals surface area contributed by atoms with Crippen LogP contribution in [0.4, 0.5) is 11.4 Å². The number of para-hydroxylation sites is 1. The molecule has 3 rings (SSSR count). The fourth-order valence-electron chi connectivity index (χ4n) is 2.50. The van der Waals surface area contributed by atoms with Crippen LogP contribution in [0.5, 0.6) is 11.5 Å². The van der Waals surface area contributed by atoms with E-state index in [-0.39, 0.29) is 18.4 Å². The van der Waals surface area contributed by atoms with Crippen molar-refractivity contribution in [2.24, 2.45) is 0 Å². The van der Waals surface area contributed by atoms with Crippen LogP contribution >= 0.6 is 0 Å². The minimum absolute atomic E-state index is 0.0259. The van der Waals surface area contributed by atoms with Gasteiger partial charge in [0.25, 0.3) is 5.91 Å². The van der Waals surface area contributed by atoms with Gasteiger partial charge in [-0.2, -0.15) is 0 Å². The minimum Gasteiger partial charge on any atom is -0.492 e. The van der Waals surface area contributed by atoms with Crippen LogP contribution in [0.15, 0.2) is 48.5 Å². The molecule has 1 N–H and O–H groups in total. The Morgan fingerprint density at radius 2 is 2.04 bits per heavy atom. The highest BCUT2D eigenvalue weighted by atomic mass is 16.5. The van der Waals surface area contributed by atoms with Crippen molar-refractivity contribution >= 4 is 23.2 Å². The summed E-state index contributed by atoms with van der Waals surface area (Å²) in [6.07, 6.45) is 0. The van der Waals surface area contributed by atoms with E-state index in [1.807, 2.05) is 30.3 Å². The predicted molar refractivity (Wildman–Crippen MR) is 90.5 cm³/mol. The molecule has 0 radical (unpaired) electrons. The largest absolute Gasteiger partial charge is 0.492 e. The molecule has 2 aromatic rings. The third-order valence-electron chi connectivity index (χ3n) is 3.55. The van der Waals surface area contributed by atoms with Crippen molar-refractivity contribution in [2.45, 2.75) is 6.92 Å². The van der Waals surface area contributed by atoms with Crippen LogP contribution in [0.3, 0.4) is 0 Å². The molecule has 24 heavy (non-hydrogen) atoms. The lowest BCUT2D eigenvalue weighted by atomic mass is 10.2. The van der Waals surface area contributed by atoms with Crippen LogP contribution in [-0.4, -0.2) is 31.6 Å². The van der Waals surface area contributed by atoms with Gasteiger partial charge in [0.1, 0.15) is 18.1 Å². The van der Waals surface area contributed by atoms with Gasteiger partial charge in [0.15, 0.2) is 6.61 Å². The van der Waals surface area contributed by atoms with Crippen LogP contribution in [0.1, 0.15) is 6.92 Å². The number of amides is 2. The first-order chi connectivity index (χ1) is 11.6. The summed E-state index contributed by atoms with van der Waals surface area (Å²) in [6, 6.07) is 14.7. The van der Waals surface area contributed by atoms with Crippen molar-refractivity contribution in [1.29, 1.82) is 0 Å². The van der Waals surface area contributed by atoms with Crippen molar-refractivity contribution in [3.05, 3.63) is 48.5 Å². The van der Waals surface area contributed by atoms with E-state index in [1.165, 1.54) is 6.92 Å². The third kappa shape index (κ3) is 3.65. The Kier molecular flexibility index (Phi) is 4.65. The first-order valence-electron chi connectivity index (χ1n) is 7.66. The van der Waals surface area contributed by atoms with E-state index in [2.05, 4.69) is 5.32 Å². The van der Waals surface area contributed by atoms with Crippen molar-refractivity contribution < 1.29 is 19.1 Å². The Bertz CT molecular complexity index is 746. The number of anilines is 2. The van der Waals surface area contributed by atoms with Crippen molar-refractivity contribution in [2.75, 3.05) is 30.0 Å². The topological polar surface area (TPSA) is 67.9 Å². The zero-order chi connectivity index (χ0) is 16.9. The molecule has 0 saturated carbocycles. The lowest BCUT2D eigenvalue weighted by Crippen LogP contribution is -2.41. The van der Waals surface area contributed by atoms with Gasteiger partial charge in [-0.15, -0.1) is 0 Å². The molecule has 0 fully saturated rings. The quantitative estimate of drug-likeness (QED) is 0.916. The molecule has 2 amide bonds. The number of nitrogens with zero attached hydrogens (tertiary/aromatic N) is 1. The average molecular weight is 326 g/mol. The van der Waals surface area contributed by atoms with Crippen molar-refractivity contribution in [3.8, 4) is 11.5 Å². The lowest BCUT2D eigenvalue weighted by Gasteiger charge is -2.29. The zero-order valence-electron chi connectivity index (χ0n) is 13.3. The van der Waals surface area contributed by atoms with Gasteiger partial charge < -0.3 is 19.7 Å². The smallest absolute Gasteiger partial charge is 0.265 e. The van der Waals surface area contributed by atoms with E-state index < -0.39 is 0 Å². The summed E-state index contributed by atoms with van der Waals surface area (Å²) in [6.45, 7) is 2.21. The number of hydrogen-bond donors (Lipinski definition) is 1. The van der Waals surface area contributed by atoms with Crippen molar-refractivity contribution in [3.63, 3.8) is 0 Å². The maximum absolute atomic E-state index is 12.1. The number of benzene rings is 2. The Balaban J connectivity index is 1.70. The highest BCUT2D eigenvalue weighted by Gasteiger charge is 2.25. The number of nitrogens with one attached hydrogen (secondary N) is 1. The molecule has 6 nitrogen and oxygen atoms in total. The highest BCUT2D eigenvalue weighted by molar-refractivity contribution is 5.98. The molecule has 0 saturated heterocycles. The number of carbonyl (C=O) groups excluding carboxylic acids is 2. The number of hydrogen-bond acceptors (Lipinski definition) is 4. The van der Waals surface area contributed by atoms with Crippen LogP contribution in [0, 0.1) is 0 Å². The maximum Gasteiger partial charge on any atom is 0.265 e. The number of carbonyl (C=O) groups is 2. The second-order valence-corrected chi connectivity index (χ2v) is 5.36. The summed E-state index contributed by atoms with van der Waals surface area (Å²) >= 11 is 0. The molecular formula is C18H18N2O4. The average Bonchev–Trinajstić information content (AvgIpc) is 2.57. The fourth-order valence-corrected chi connectivity index (χ4v) is 2.50. The lowest BCUT2D eigenvalue weighted by molar-refractivity contribution is -0.121. The summed E-state index contributed by atoms with van der Waals surface area (Å²) in [4.78, 5) is 24.9. The van der Waals surface area contributed by atoms with Gasteiger partial charge in [-0.1, -0.05) is 18.2 Å². The maximum atomic E-state index is 12.1. The normalized spacial score (nSPS) is 13.0. The van der Waals surface area contributed by atoms with E-state index in [0.29, 0.717) is 30.3 Å². The highest BCUT2D eigenvalue weighted by Crippen LogP contribution is 2.34. The molecule has 0 spiro atoms. The van der Waals surface area contributed by atoms with E-state index in [1.54, 1.807) is 23.1 Å². The summed E-state index contributed by atoms with van der Waals surface area (Å²) in [5.74, 6) is 1.06. The fraction of sp³-hybridized carbons (Fsp3) is 0.222. The first-order valence-corrected chi connectivity index (χ1v) is 7.66. The first kappa shape index (κ1) is 15.9. The molecule has 124 valence electrons. The van der Waals surface area contributed by atoms with Gasteiger partial charge in [-0.3, -0.25) is 9.59 Å². The Morgan fingerprint density at radius 1 is 1.25 bits per heavy atom. The predicted octanol–water partition coefficient (Wildman–Crippen LogP) is 2.45. The summed E-state index contributed by atoms with van der Waals surface area (Å²) in [5.41, 5.74) is 1.31. The molecule has 0 aromatic heterocycles. The third-order valence-corrected chi connectivity index (χ3v) is 3.55. The standard InChI is InChI=1S/C18H18N2O4/c1-13(21)19-14-7-8-16-17(11-14)24-12-18(22)20(16)9-10-23-15-5-3-2-4-6-15/h2-8,11H,9-10,12H2,1H3,(H,19,21). The molecule has 1 heterocycles. The minimum atomic E-state index is -0.157. The molecule has 2 aromatic carbocycles. The van der Waals surface area contributed by atoms with Gasteiger partial charge in [0.2, 0.25) is 5.91 Å². The van der Waals surface area contributed by atoms with Gasteiger partial charge in [0, 0.05) is 18.7 Å². The van der Waals surface area contributed by atoms with E-state index in [0.717, 1.165) is 5.75 Å². The SMILES string of the molecule is CC(=O)Nc1ccc2c(c1)OCC(=O)N2CCOc1ccccc1. The second kappa shape index (κ2) is 7.04. The van der Waals surface area contributed by atoms with Gasteiger partial charge >= 0.3 is 0 Å². The summed E-state index contributed by atoms with van der Waals surface area (Å²) in [7, 11) is 0. The van der Waals surface area contributed by atoms with Crippen LogP contribution in [-0.2, 0) is 9.59 Å².